The Labute approximate surface area is 149 Å². The molecular weight excluding hydrogens is 345 g/mol. The van der Waals surface area contributed by atoms with E-state index in [2.05, 4.69) is 10.0 Å². The average Bonchev–Trinajstić information content (AvgIpc) is 2.62. The first kappa shape index (κ1) is 17.1. The summed E-state index contributed by atoms with van der Waals surface area (Å²) in [4.78, 5) is 18.9. The van der Waals surface area contributed by atoms with Crippen molar-refractivity contribution in [3.05, 3.63) is 69.3 Å². The fourth-order valence-electron chi connectivity index (χ4n) is 2.85. The van der Waals surface area contributed by atoms with Crippen LogP contribution in [0, 0.1) is 5.82 Å². The Morgan fingerprint density at radius 1 is 1.16 bits per heavy atom. The van der Waals surface area contributed by atoms with E-state index in [1.54, 1.807) is 35.2 Å². The highest BCUT2D eigenvalue weighted by atomic mass is 35.5. The van der Waals surface area contributed by atoms with Crippen LogP contribution in [-0.4, -0.2) is 37.0 Å². The van der Waals surface area contributed by atoms with Crippen LogP contribution in [0.4, 0.5) is 15.8 Å². The van der Waals surface area contributed by atoms with Crippen LogP contribution in [-0.2, 0) is 0 Å². The minimum atomic E-state index is -0.515. The predicted molar refractivity (Wildman–Crippen MR) is 94.8 cm³/mol. The monoisotopic (exact) mass is 359 g/mol. The van der Waals surface area contributed by atoms with Gasteiger partial charge in [-0.2, -0.15) is 0 Å². The number of hydrogen-bond acceptors (Lipinski definition) is 3. The normalized spacial score (nSPS) is 14.2. The summed E-state index contributed by atoms with van der Waals surface area (Å²) >= 11 is 5.95. The topological polar surface area (TPSA) is 72.3 Å². The molecule has 0 atom stereocenters. The van der Waals surface area contributed by atoms with Gasteiger partial charge in [-0.3, -0.25) is 4.79 Å². The Kier molecular flexibility index (Phi) is 5.07. The van der Waals surface area contributed by atoms with Gasteiger partial charge >= 0.3 is 0 Å². The van der Waals surface area contributed by atoms with Crippen LogP contribution in [0.2, 0.25) is 5.02 Å². The number of azide groups is 1. The van der Waals surface area contributed by atoms with Crippen LogP contribution in [0.5, 0.6) is 0 Å². The molecule has 6 nitrogen and oxygen atoms in total. The molecule has 8 heteroatoms. The maximum absolute atomic E-state index is 13.8. The molecule has 0 unspecified atom stereocenters. The largest absolute Gasteiger partial charge is 0.368 e. The fourth-order valence-corrected chi connectivity index (χ4v) is 3.01. The molecule has 128 valence electrons. The van der Waals surface area contributed by atoms with E-state index in [9.17, 15) is 9.18 Å². The van der Waals surface area contributed by atoms with Crippen molar-refractivity contribution in [2.75, 3.05) is 31.1 Å². The van der Waals surface area contributed by atoms with Gasteiger partial charge in [0.25, 0.3) is 5.91 Å². The second-order valence-corrected chi connectivity index (χ2v) is 6.02. The molecule has 1 aliphatic heterocycles. The molecule has 2 aromatic rings. The summed E-state index contributed by atoms with van der Waals surface area (Å²) in [5.41, 5.74) is 10.0. The van der Waals surface area contributed by atoms with Crippen molar-refractivity contribution in [2.24, 2.45) is 5.11 Å². The minimum absolute atomic E-state index is 0.0808. The van der Waals surface area contributed by atoms with Crippen molar-refractivity contribution in [2.45, 2.75) is 0 Å². The molecular formula is C17H15ClFN5O. The van der Waals surface area contributed by atoms with Gasteiger partial charge in [0.2, 0.25) is 0 Å². The van der Waals surface area contributed by atoms with Gasteiger partial charge in [0.05, 0.1) is 11.3 Å². The molecule has 0 aliphatic carbocycles. The summed E-state index contributed by atoms with van der Waals surface area (Å²) < 4.78 is 13.8. The molecule has 1 aliphatic rings. The van der Waals surface area contributed by atoms with E-state index in [4.69, 9.17) is 17.1 Å². The van der Waals surface area contributed by atoms with E-state index in [0.29, 0.717) is 36.9 Å². The van der Waals surface area contributed by atoms with E-state index in [1.807, 2.05) is 4.90 Å². The van der Waals surface area contributed by atoms with Crippen LogP contribution >= 0.6 is 11.6 Å². The second-order valence-electron chi connectivity index (χ2n) is 5.58. The third kappa shape index (κ3) is 3.68. The number of anilines is 1. The zero-order valence-electron chi connectivity index (χ0n) is 13.3. The third-order valence-corrected chi connectivity index (χ3v) is 4.34. The molecule has 0 saturated carbocycles. The Balaban J connectivity index is 1.73. The van der Waals surface area contributed by atoms with E-state index in [0.717, 1.165) is 5.69 Å². The molecule has 2 aromatic carbocycles. The van der Waals surface area contributed by atoms with E-state index < -0.39 is 5.82 Å². The van der Waals surface area contributed by atoms with Gasteiger partial charge in [-0.25, -0.2) is 4.39 Å². The lowest BCUT2D eigenvalue weighted by atomic mass is 10.1. The lowest BCUT2D eigenvalue weighted by Gasteiger charge is -2.36. The molecule has 1 fully saturated rings. The lowest BCUT2D eigenvalue weighted by molar-refractivity contribution is 0.0742. The quantitative estimate of drug-likeness (QED) is 0.463. The summed E-state index contributed by atoms with van der Waals surface area (Å²) in [6, 6.07) is 11.1. The summed E-state index contributed by atoms with van der Waals surface area (Å²) in [6.07, 6.45) is 0. The Morgan fingerprint density at radius 3 is 2.56 bits per heavy atom. The molecule has 0 radical (unpaired) electrons. The number of halogens is 2. The number of nitrogens with zero attached hydrogens (tertiary/aromatic N) is 5. The van der Waals surface area contributed by atoms with Crippen LogP contribution in [0.1, 0.15) is 10.4 Å². The molecule has 0 aromatic heterocycles. The molecule has 1 saturated heterocycles. The van der Waals surface area contributed by atoms with E-state index >= 15 is 0 Å². The van der Waals surface area contributed by atoms with E-state index in [1.165, 1.54) is 12.1 Å². The Morgan fingerprint density at radius 2 is 1.88 bits per heavy atom. The molecule has 0 spiro atoms. The highest BCUT2D eigenvalue weighted by Crippen LogP contribution is 2.32. The highest BCUT2D eigenvalue weighted by molar-refractivity contribution is 6.31. The predicted octanol–water partition coefficient (Wildman–Crippen LogP) is 4.38. The number of piperazine rings is 1. The Hall–Kier alpha value is -2.76. The van der Waals surface area contributed by atoms with Gasteiger partial charge in [-0.1, -0.05) is 28.8 Å². The van der Waals surface area contributed by atoms with Gasteiger partial charge in [-0.05, 0) is 35.9 Å². The SMILES string of the molecule is [N-]=[N+]=Nc1cc(Cl)ccc1N1CCN(C(=O)c2ccccc2F)CC1. The number of carbonyl (C=O) groups excluding carboxylic acids is 1. The van der Waals surface area contributed by atoms with Crippen LogP contribution in [0.3, 0.4) is 0 Å². The Bertz CT molecular complexity index is 845. The summed E-state index contributed by atoms with van der Waals surface area (Å²) in [5.74, 6) is -0.831. The maximum atomic E-state index is 13.8. The number of rotatable bonds is 3. The highest BCUT2D eigenvalue weighted by Gasteiger charge is 2.24. The zero-order valence-corrected chi connectivity index (χ0v) is 14.0. The molecule has 0 N–H and O–H groups in total. The number of carbonyl (C=O) groups is 1. The minimum Gasteiger partial charge on any atom is -0.368 e. The fraction of sp³-hybridized carbons (Fsp3) is 0.235. The van der Waals surface area contributed by atoms with Gasteiger partial charge in [0, 0.05) is 41.8 Å². The van der Waals surface area contributed by atoms with Gasteiger partial charge in [-0.15, -0.1) is 0 Å². The average molecular weight is 360 g/mol. The number of hydrogen-bond donors (Lipinski definition) is 0. The second kappa shape index (κ2) is 7.42. The van der Waals surface area contributed by atoms with Crippen LogP contribution < -0.4 is 4.90 Å². The van der Waals surface area contributed by atoms with Crippen molar-refractivity contribution >= 4 is 28.9 Å². The van der Waals surface area contributed by atoms with Crippen molar-refractivity contribution in [3.63, 3.8) is 0 Å². The maximum Gasteiger partial charge on any atom is 0.256 e. The van der Waals surface area contributed by atoms with Crippen LogP contribution in [0.15, 0.2) is 47.6 Å². The number of amides is 1. The summed E-state index contributed by atoms with van der Waals surface area (Å²) in [5, 5.41) is 4.17. The van der Waals surface area contributed by atoms with Gasteiger partial charge in [0.1, 0.15) is 5.82 Å². The summed E-state index contributed by atoms with van der Waals surface area (Å²) in [6.45, 7) is 2.00. The lowest BCUT2D eigenvalue weighted by Crippen LogP contribution is -2.49. The van der Waals surface area contributed by atoms with Gasteiger partial charge in [0.15, 0.2) is 0 Å². The molecule has 25 heavy (non-hydrogen) atoms. The summed E-state index contributed by atoms with van der Waals surface area (Å²) in [7, 11) is 0. The number of benzene rings is 2. The van der Waals surface area contributed by atoms with Crippen molar-refractivity contribution in [3.8, 4) is 0 Å². The van der Waals surface area contributed by atoms with Crippen molar-refractivity contribution in [1.29, 1.82) is 0 Å². The van der Waals surface area contributed by atoms with Crippen molar-refractivity contribution < 1.29 is 9.18 Å². The van der Waals surface area contributed by atoms with Crippen molar-refractivity contribution in [1.82, 2.24) is 4.90 Å². The first-order chi connectivity index (χ1) is 12.1. The molecule has 3 rings (SSSR count). The van der Waals surface area contributed by atoms with E-state index in [-0.39, 0.29) is 11.5 Å². The smallest absolute Gasteiger partial charge is 0.256 e. The molecule has 1 amide bonds. The third-order valence-electron chi connectivity index (χ3n) is 4.10. The first-order valence-electron chi connectivity index (χ1n) is 7.73. The van der Waals surface area contributed by atoms with Crippen LogP contribution in [0.25, 0.3) is 10.4 Å². The van der Waals surface area contributed by atoms with Gasteiger partial charge < -0.3 is 9.80 Å². The molecule has 0 bridgehead atoms. The standard InChI is InChI=1S/C17H15ClFN5O/c18-12-5-6-16(15(11-12)21-22-20)23-7-9-24(10-8-23)17(25)13-3-1-2-4-14(13)19/h1-6,11H,7-10H2. The zero-order chi connectivity index (χ0) is 17.8. The molecule has 1 heterocycles. The first-order valence-corrected chi connectivity index (χ1v) is 8.11.